The van der Waals surface area contributed by atoms with Gasteiger partial charge in [0.2, 0.25) is 5.91 Å². The fraction of sp³-hybridized carbons (Fsp3) is 0.375. The van der Waals surface area contributed by atoms with Gasteiger partial charge in [-0.2, -0.15) is 0 Å². The molecule has 0 aliphatic heterocycles. The van der Waals surface area contributed by atoms with E-state index in [0.717, 1.165) is 36.0 Å². The molecule has 0 fully saturated rings. The van der Waals surface area contributed by atoms with E-state index in [0.29, 0.717) is 6.54 Å². The normalized spacial score (nSPS) is 10.9. The zero-order valence-electron chi connectivity index (χ0n) is 12.1. The van der Waals surface area contributed by atoms with E-state index in [1.807, 2.05) is 42.3 Å². The van der Waals surface area contributed by atoms with Crippen LogP contribution in [0.4, 0.5) is 5.69 Å². The number of pyridine rings is 1. The molecule has 0 aliphatic rings. The Labute approximate surface area is 119 Å². The summed E-state index contributed by atoms with van der Waals surface area (Å²) in [4.78, 5) is 18.4. The summed E-state index contributed by atoms with van der Waals surface area (Å²) < 4.78 is 0. The van der Waals surface area contributed by atoms with Gasteiger partial charge in [-0.25, -0.2) is 0 Å². The average Bonchev–Trinajstić information content (AvgIpc) is 2.45. The van der Waals surface area contributed by atoms with Crippen LogP contribution in [-0.4, -0.2) is 35.9 Å². The maximum Gasteiger partial charge on any atom is 0.238 e. The fourth-order valence-electron chi connectivity index (χ4n) is 2.15. The van der Waals surface area contributed by atoms with Gasteiger partial charge in [0, 0.05) is 11.6 Å². The van der Waals surface area contributed by atoms with Crippen LogP contribution in [-0.2, 0) is 4.79 Å². The van der Waals surface area contributed by atoms with Crippen molar-refractivity contribution in [3.8, 4) is 0 Å². The lowest BCUT2D eigenvalue weighted by atomic mass is 10.2. The Morgan fingerprint density at radius 3 is 2.90 bits per heavy atom. The number of carbonyl (C=O) groups excluding carboxylic acids is 1. The zero-order chi connectivity index (χ0) is 14.4. The van der Waals surface area contributed by atoms with E-state index in [2.05, 4.69) is 17.2 Å². The molecule has 0 bridgehead atoms. The molecule has 1 aromatic heterocycles. The van der Waals surface area contributed by atoms with Crippen LogP contribution >= 0.6 is 0 Å². The molecule has 2 rings (SSSR count). The van der Waals surface area contributed by atoms with Gasteiger partial charge in [0.25, 0.3) is 0 Å². The summed E-state index contributed by atoms with van der Waals surface area (Å²) >= 11 is 0. The number of rotatable bonds is 6. The Morgan fingerprint density at radius 2 is 2.10 bits per heavy atom. The Bertz CT molecular complexity index is 577. The summed E-state index contributed by atoms with van der Waals surface area (Å²) in [5.41, 5.74) is 1.61. The largest absolute Gasteiger partial charge is 0.323 e. The van der Waals surface area contributed by atoms with Crippen molar-refractivity contribution in [2.24, 2.45) is 0 Å². The number of fused-ring (bicyclic) bond motifs is 1. The van der Waals surface area contributed by atoms with Crippen LogP contribution in [0.5, 0.6) is 0 Å². The molecule has 0 radical (unpaired) electrons. The number of hydrogen-bond acceptors (Lipinski definition) is 3. The van der Waals surface area contributed by atoms with Crippen molar-refractivity contribution >= 4 is 22.5 Å². The number of nitrogens with zero attached hydrogens (tertiary/aromatic N) is 2. The second-order valence-corrected chi connectivity index (χ2v) is 5.02. The van der Waals surface area contributed by atoms with Crippen molar-refractivity contribution in [2.75, 3.05) is 25.5 Å². The molecule has 0 atom stereocenters. The standard InChI is InChI=1S/C16H21N3O/c1-3-4-11-19(2)12-15(20)18-14-9-5-7-13-8-6-10-17-16(13)14/h5-10H,3-4,11-12H2,1-2H3,(H,18,20). The molecule has 106 valence electrons. The Hall–Kier alpha value is -1.94. The zero-order valence-corrected chi connectivity index (χ0v) is 12.1. The molecular weight excluding hydrogens is 250 g/mol. The molecule has 1 amide bonds. The Morgan fingerprint density at radius 1 is 1.30 bits per heavy atom. The van der Waals surface area contributed by atoms with Crippen molar-refractivity contribution in [3.05, 3.63) is 36.5 Å². The first-order valence-corrected chi connectivity index (χ1v) is 7.03. The van der Waals surface area contributed by atoms with Crippen molar-refractivity contribution in [2.45, 2.75) is 19.8 Å². The predicted octanol–water partition coefficient (Wildman–Crippen LogP) is 2.91. The van der Waals surface area contributed by atoms with Crippen LogP contribution in [0.15, 0.2) is 36.5 Å². The average molecular weight is 271 g/mol. The van der Waals surface area contributed by atoms with Gasteiger partial charge in [-0.1, -0.05) is 31.5 Å². The quantitative estimate of drug-likeness (QED) is 0.878. The minimum atomic E-state index is 0.00163. The molecule has 0 aliphatic carbocycles. The molecular formula is C16H21N3O. The van der Waals surface area contributed by atoms with Gasteiger partial charge in [0.15, 0.2) is 0 Å². The summed E-state index contributed by atoms with van der Waals surface area (Å²) in [6.07, 6.45) is 3.99. The third kappa shape index (κ3) is 3.78. The number of likely N-dealkylation sites (N-methyl/N-ethyl adjacent to an activating group) is 1. The van der Waals surface area contributed by atoms with Crippen LogP contribution in [0.1, 0.15) is 19.8 Å². The maximum absolute atomic E-state index is 12.0. The number of hydrogen-bond donors (Lipinski definition) is 1. The van der Waals surface area contributed by atoms with E-state index in [4.69, 9.17) is 0 Å². The van der Waals surface area contributed by atoms with E-state index in [1.54, 1.807) is 6.20 Å². The SMILES string of the molecule is CCCCN(C)CC(=O)Nc1cccc2cccnc12. The van der Waals surface area contributed by atoms with Crippen LogP contribution in [0.3, 0.4) is 0 Å². The first kappa shape index (κ1) is 14.5. The minimum absolute atomic E-state index is 0.00163. The highest BCUT2D eigenvalue weighted by atomic mass is 16.2. The van der Waals surface area contributed by atoms with Crippen LogP contribution in [0.25, 0.3) is 10.9 Å². The van der Waals surface area contributed by atoms with E-state index in [-0.39, 0.29) is 5.91 Å². The molecule has 1 N–H and O–H groups in total. The molecule has 1 heterocycles. The minimum Gasteiger partial charge on any atom is -0.323 e. The highest BCUT2D eigenvalue weighted by molar-refractivity contribution is 6.00. The van der Waals surface area contributed by atoms with Crippen LogP contribution < -0.4 is 5.32 Å². The van der Waals surface area contributed by atoms with Gasteiger partial charge in [0.05, 0.1) is 17.7 Å². The molecule has 20 heavy (non-hydrogen) atoms. The molecule has 4 nitrogen and oxygen atoms in total. The molecule has 0 saturated carbocycles. The van der Waals surface area contributed by atoms with Crippen molar-refractivity contribution in [3.63, 3.8) is 0 Å². The van der Waals surface area contributed by atoms with Gasteiger partial charge >= 0.3 is 0 Å². The lowest BCUT2D eigenvalue weighted by Crippen LogP contribution is -2.30. The molecule has 0 spiro atoms. The summed E-state index contributed by atoms with van der Waals surface area (Å²) in [7, 11) is 1.97. The number of aromatic nitrogens is 1. The number of carbonyl (C=O) groups is 1. The fourth-order valence-corrected chi connectivity index (χ4v) is 2.15. The smallest absolute Gasteiger partial charge is 0.238 e. The van der Waals surface area contributed by atoms with E-state index in [9.17, 15) is 4.79 Å². The molecule has 0 saturated heterocycles. The van der Waals surface area contributed by atoms with Gasteiger partial charge < -0.3 is 5.32 Å². The number of nitrogens with one attached hydrogen (secondary N) is 1. The van der Waals surface area contributed by atoms with Crippen LogP contribution in [0, 0.1) is 0 Å². The van der Waals surface area contributed by atoms with Crippen molar-refractivity contribution in [1.82, 2.24) is 9.88 Å². The van der Waals surface area contributed by atoms with E-state index < -0.39 is 0 Å². The summed E-state index contributed by atoms with van der Waals surface area (Å²) in [5.74, 6) is 0.00163. The second-order valence-electron chi connectivity index (χ2n) is 5.02. The van der Waals surface area contributed by atoms with Crippen molar-refractivity contribution in [1.29, 1.82) is 0 Å². The summed E-state index contributed by atoms with van der Waals surface area (Å²) in [6, 6.07) is 9.70. The highest BCUT2D eigenvalue weighted by Gasteiger charge is 2.08. The molecule has 2 aromatic rings. The summed E-state index contributed by atoms with van der Waals surface area (Å²) in [5, 5.41) is 3.98. The van der Waals surface area contributed by atoms with E-state index in [1.165, 1.54) is 0 Å². The van der Waals surface area contributed by atoms with Crippen molar-refractivity contribution < 1.29 is 4.79 Å². The molecule has 0 unspecified atom stereocenters. The number of anilines is 1. The maximum atomic E-state index is 12.0. The monoisotopic (exact) mass is 271 g/mol. The molecule has 4 heteroatoms. The Kier molecular flexibility index (Phi) is 5.07. The number of amides is 1. The highest BCUT2D eigenvalue weighted by Crippen LogP contribution is 2.20. The van der Waals surface area contributed by atoms with Gasteiger partial charge in [0.1, 0.15) is 0 Å². The predicted molar refractivity (Wildman–Crippen MR) is 82.8 cm³/mol. The van der Waals surface area contributed by atoms with Gasteiger partial charge in [-0.15, -0.1) is 0 Å². The van der Waals surface area contributed by atoms with Gasteiger partial charge in [-0.3, -0.25) is 14.7 Å². The lowest BCUT2D eigenvalue weighted by Gasteiger charge is -2.16. The van der Waals surface area contributed by atoms with Crippen LogP contribution in [0.2, 0.25) is 0 Å². The number of benzene rings is 1. The molecule has 1 aromatic carbocycles. The lowest BCUT2D eigenvalue weighted by molar-refractivity contribution is -0.117. The number of para-hydroxylation sites is 1. The Balaban J connectivity index is 2.03. The summed E-state index contributed by atoms with van der Waals surface area (Å²) in [6.45, 7) is 3.50. The second kappa shape index (κ2) is 7.01. The first-order valence-electron chi connectivity index (χ1n) is 7.03. The number of unbranched alkanes of at least 4 members (excludes halogenated alkanes) is 1. The van der Waals surface area contributed by atoms with Gasteiger partial charge in [-0.05, 0) is 32.1 Å². The third-order valence-corrected chi connectivity index (χ3v) is 3.21. The first-order chi connectivity index (χ1) is 9.70. The topological polar surface area (TPSA) is 45.2 Å². The van der Waals surface area contributed by atoms with E-state index >= 15 is 0 Å². The third-order valence-electron chi connectivity index (χ3n) is 3.21.